The van der Waals surface area contributed by atoms with E-state index in [1.54, 1.807) is 7.11 Å². The van der Waals surface area contributed by atoms with Crippen LogP contribution < -0.4 is 10.5 Å². The molecule has 2 N–H and O–H groups in total. The number of hydrogen-bond acceptors (Lipinski definition) is 3. The van der Waals surface area contributed by atoms with Crippen molar-refractivity contribution in [2.45, 2.75) is 44.8 Å². The van der Waals surface area contributed by atoms with Crippen molar-refractivity contribution >= 4 is 0 Å². The van der Waals surface area contributed by atoms with Crippen LogP contribution in [0.4, 0.5) is 0 Å². The molecule has 0 radical (unpaired) electrons. The zero-order chi connectivity index (χ0) is 13.3. The Labute approximate surface area is 110 Å². The van der Waals surface area contributed by atoms with Gasteiger partial charge in [0.15, 0.2) is 0 Å². The SMILES string of the molecule is CCC(C)N(C)C1Cc2ccc(OC)cc2C1N. The van der Waals surface area contributed by atoms with Crippen LogP contribution in [-0.2, 0) is 6.42 Å². The summed E-state index contributed by atoms with van der Waals surface area (Å²) in [5.74, 6) is 0.899. The molecule has 100 valence electrons. The van der Waals surface area contributed by atoms with E-state index in [4.69, 9.17) is 10.5 Å². The van der Waals surface area contributed by atoms with Crippen LogP contribution in [0.25, 0.3) is 0 Å². The number of benzene rings is 1. The van der Waals surface area contributed by atoms with Crippen LogP contribution in [0.5, 0.6) is 5.75 Å². The van der Waals surface area contributed by atoms with Crippen molar-refractivity contribution in [2.75, 3.05) is 14.2 Å². The maximum Gasteiger partial charge on any atom is 0.119 e. The number of ether oxygens (including phenoxy) is 1. The van der Waals surface area contributed by atoms with Gasteiger partial charge in [-0.1, -0.05) is 13.0 Å². The molecule has 1 aliphatic carbocycles. The van der Waals surface area contributed by atoms with Crippen molar-refractivity contribution in [2.24, 2.45) is 5.73 Å². The predicted molar refractivity (Wildman–Crippen MR) is 74.9 cm³/mol. The van der Waals surface area contributed by atoms with Crippen molar-refractivity contribution < 1.29 is 4.74 Å². The van der Waals surface area contributed by atoms with E-state index in [1.165, 1.54) is 11.1 Å². The molecule has 1 aromatic carbocycles. The van der Waals surface area contributed by atoms with Crippen LogP contribution in [0.2, 0.25) is 0 Å². The molecule has 0 fully saturated rings. The molecule has 0 bridgehead atoms. The van der Waals surface area contributed by atoms with Gasteiger partial charge in [0.1, 0.15) is 5.75 Å². The van der Waals surface area contributed by atoms with Gasteiger partial charge in [0.05, 0.1) is 7.11 Å². The largest absolute Gasteiger partial charge is 0.497 e. The molecule has 0 aromatic heterocycles. The van der Waals surface area contributed by atoms with Gasteiger partial charge in [-0.2, -0.15) is 0 Å². The Morgan fingerprint density at radius 1 is 1.50 bits per heavy atom. The smallest absolute Gasteiger partial charge is 0.119 e. The van der Waals surface area contributed by atoms with E-state index < -0.39 is 0 Å². The Morgan fingerprint density at radius 3 is 2.83 bits per heavy atom. The normalized spacial score (nSPS) is 24.1. The Kier molecular flexibility index (Phi) is 3.93. The summed E-state index contributed by atoms with van der Waals surface area (Å²) in [6, 6.07) is 7.33. The molecule has 1 aromatic rings. The molecule has 2 rings (SSSR count). The Hall–Kier alpha value is -1.06. The molecule has 3 heteroatoms. The highest BCUT2D eigenvalue weighted by Gasteiger charge is 2.33. The first-order valence-electron chi connectivity index (χ1n) is 6.72. The highest BCUT2D eigenvalue weighted by molar-refractivity contribution is 5.42. The van der Waals surface area contributed by atoms with Gasteiger partial charge in [-0.25, -0.2) is 0 Å². The topological polar surface area (TPSA) is 38.5 Å². The molecule has 0 aliphatic heterocycles. The van der Waals surface area contributed by atoms with Crippen LogP contribution >= 0.6 is 0 Å². The van der Waals surface area contributed by atoms with Crippen molar-refractivity contribution in [3.63, 3.8) is 0 Å². The second-order valence-electron chi connectivity index (χ2n) is 5.28. The van der Waals surface area contributed by atoms with Crippen molar-refractivity contribution in [3.8, 4) is 5.75 Å². The van der Waals surface area contributed by atoms with Gasteiger partial charge in [-0.05, 0) is 50.1 Å². The van der Waals surface area contributed by atoms with E-state index in [0.29, 0.717) is 12.1 Å². The molecule has 0 saturated heterocycles. The summed E-state index contributed by atoms with van der Waals surface area (Å²) < 4.78 is 5.28. The van der Waals surface area contributed by atoms with Gasteiger partial charge < -0.3 is 10.5 Å². The lowest BCUT2D eigenvalue weighted by atomic mass is 10.1. The zero-order valence-corrected chi connectivity index (χ0v) is 11.8. The fourth-order valence-corrected chi connectivity index (χ4v) is 2.77. The molecule has 0 heterocycles. The van der Waals surface area contributed by atoms with Gasteiger partial charge >= 0.3 is 0 Å². The molecule has 3 nitrogen and oxygen atoms in total. The fourth-order valence-electron chi connectivity index (χ4n) is 2.77. The highest BCUT2D eigenvalue weighted by atomic mass is 16.5. The third kappa shape index (κ3) is 2.25. The first kappa shape index (κ1) is 13.4. The molecule has 0 saturated carbocycles. The van der Waals surface area contributed by atoms with Gasteiger partial charge in [0.2, 0.25) is 0 Å². The summed E-state index contributed by atoms with van der Waals surface area (Å²) in [5, 5.41) is 0. The number of nitrogens with two attached hydrogens (primary N) is 1. The first-order chi connectivity index (χ1) is 8.58. The van der Waals surface area contributed by atoms with Crippen LogP contribution in [0.15, 0.2) is 18.2 Å². The van der Waals surface area contributed by atoms with Gasteiger partial charge in [-0.3, -0.25) is 4.90 Å². The highest BCUT2D eigenvalue weighted by Crippen LogP contribution is 2.35. The summed E-state index contributed by atoms with van der Waals surface area (Å²) in [5.41, 5.74) is 9.02. The van der Waals surface area contributed by atoms with Gasteiger partial charge in [-0.15, -0.1) is 0 Å². The fraction of sp³-hybridized carbons (Fsp3) is 0.600. The summed E-state index contributed by atoms with van der Waals surface area (Å²) >= 11 is 0. The van der Waals surface area contributed by atoms with E-state index in [-0.39, 0.29) is 6.04 Å². The third-order valence-electron chi connectivity index (χ3n) is 4.36. The van der Waals surface area contributed by atoms with E-state index in [9.17, 15) is 0 Å². The molecular formula is C15H24N2O. The van der Waals surface area contributed by atoms with Crippen LogP contribution in [0, 0.1) is 0 Å². The molecule has 3 unspecified atom stereocenters. The standard InChI is InChI=1S/C15H24N2O/c1-5-10(2)17(3)14-8-11-6-7-12(18-4)9-13(11)15(14)16/h6-7,9-10,14-15H,5,8,16H2,1-4H3. The predicted octanol–water partition coefficient (Wildman–Crippen LogP) is 2.35. The summed E-state index contributed by atoms with van der Waals surface area (Å²) in [6.07, 6.45) is 2.20. The molecular weight excluding hydrogens is 224 g/mol. The van der Waals surface area contributed by atoms with Crippen molar-refractivity contribution in [1.29, 1.82) is 0 Å². The molecule has 0 amide bonds. The Balaban J connectivity index is 2.22. The summed E-state index contributed by atoms with van der Waals surface area (Å²) in [4.78, 5) is 2.41. The number of hydrogen-bond donors (Lipinski definition) is 1. The Bertz CT molecular complexity index is 419. The zero-order valence-electron chi connectivity index (χ0n) is 11.8. The second kappa shape index (κ2) is 5.29. The van der Waals surface area contributed by atoms with Crippen LogP contribution in [-0.4, -0.2) is 31.1 Å². The maximum absolute atomic E-state index is 6.41. The van der Waals surface area contributed by atoms with Gasteiger partial charge in [0, 0.05) is 18.1 Å². The Morgan fingerprint density at radius 2 is 2.22 bits per heavy atom. The number of nitrogens with zero attached hydrogens (tertiary/aromatic N) is 1. The lowest BCUT2D eigenvalue weighted by molar-refractivity contribution is 0.165. The molecule has 18 heavy (non-hydrogen) atoms. The average Bonchev–Trinajstić information content (AvgIpc) is 2.73. The number of likely N-dealkylation sites (N-methyl/N-ethyl adjacent to an activating group) is 1. The summed E-state index contributed by atoms with van der Waals surface area (Å²) in [6.45, 7) is 4.48. The van der Waals surface area contributed by atoms with Crippen molar-refractivity contribution in [3.05, 3.63) is 29.3 Å². The van der Waals surface area contributed by atoms with E-state index in [2.05, 4.69) is 37.9 Å². The third-order valence-corrected chi connectivity index (χ3v) is 4.36. The maximum atomic E-state index is 6.41. The quantitative estimate of drug-likeness (QED) is 0.889. The lowest BCUT2D eigenvalue weighted by Gasteiger charge is -2.32. The summed E-state index contributed by atoms with van der Waals surface area (Å²) in [7, 11) is 3.88. The van der Waals surface area contributed by atoms with Gasteiger partial charge in [0.25, 0.3) is 0 Å². The molecule has 0 spiro atoms. The lowest BCUT2D eigenvalue weighted by Crippen LogP contribution is -2.43. The van der Waals surface area contributed by atoms with E-state index >= 15 is 0 Å². The van der Waals surface area contributed by atoms with E-state index in [0.717, 1.165) is 18.6 Å². The van der Waals surface area contributed by atoms with Crippen molar-refractivity contribution in [1.82, 2.24) is 4.90 Å². The second-order valence-corrected chi connectivity index (χ2v) is 5.28. The van der Waals surface area contributed by atoms with Crippen LogP contribution in [0.1, 0.15) is 37.4 Å². The molecule has 3 atom stereocenters. The monoisotopic (exact) mass is 248 g/mol. The minimum absolute atomic E-state index is 0.0918. The van der Waals surface area contributed by atoms with Crippen LogP contribution in [0.3, 0.4) is 0 Å². The minimum atomic E-state index is 0.0918. The number of methoxy groups -OCH3 is 1. The van der Waals surface area contributed by atoms with E-state index in [1.807, 2.05) is 6.07 Å². The first-order valence-corrected chi connectivity index (χ1v) is 6.72. The molecule has 1 aliphatic rings. The minimum Gasteiger partial charge on any atom is -0.497 e. The average molecular weight is 248 g/mol. The number of rotatable bonds is 4. The number of fused-ring (bicyclic) bond motifs is 1.